The first-order valence-corrected chi connectivity index (χ1v) is 6.41. The lowest BCUT2D eigenvalue weighted by molar-refractivity contribution is 0.326. The Morgan fingerprint density at radius 3 is 2.88 bits per heavy atom. The summed E-state index contributed by atoms with van der Waals surface area (Å²) in [4.78, 5) is 14.1. The summed E-state index contributed by atoms with van der Waals surface area (Å²) in [6.45, 7) is 4.10. The van der Waals surface area contributed by atoms with Gasteiger partial charge in [0.15, 0.2) is 0 Å². The first kappa shape index (κ1) is 10.8. The maximum atomic E-state index is 11.7. The second-order valence-corrected chi connectivity index (χ2v) is 4.87. The minimum atomic E-state index is -0.0302. The van der Waals surface area contributed by atoms with Gasteiger partial charge in [-0.25, -0.2) is 5.10 Å². The van der Waals surface area contributed by atoms with Gasteiger partial charge in [0.25, 0.3) is 5.56 Å². The highest BCUT2D eigenvalue weighted by molar-refractivity contribution is 5.55. The average Bonchev–Trinajstić information content (AvgIpc) is 2.86. The van der Waals surface area contributed by atoms with Gasteiger partial charge in [0.2, 0.25) is 0 Å². The van der Waals surface area contributed by atoms with Crippen LogP contribution in [0.25, 0.3) is 0 Å². The second-order valence-electron chi connectivity index (χ2n) is 4.87. The smallest absolute Gasteiger partial charge is 0.269 e. The standard InChI is InChI=1S/C12H18N4O/c17-12-9-4-3-5-13-11(9)10(14-15-12)8-16-6-1-2-7-16/h13H,1-8H2,(H,15,17). The van der Waals surface area contributed by atoms with Crippen LogP contribution in [0.4, 0.5) is 5.69 Å². The predicted octanol–water partition coefficient (Wildman–Crippen LogP) is 0.724. The number of fused-ring (bicyclic) bond motifs is 1. The third-order valence-corrected chi connectivity index (χ3v) is 3.63. The summed E-state index contributed by atoms with van der Waals surface area (Å²) in [6.07, 6.45) is 4.45. The molecule has 1 aromatic rings. The van der Waals surface area contributed by atoms with Crippen LogP contribution in [0.1, 0.15) is 30.5 Å². The van der Waals surface area contributed by atoms with Crippen molar-refractivity contribution >= 4 is 5.69 Å². The SMILES string of the molecule is O=c1[nH]nc(CN2CCCC2)c2c1CCCN2. The number of aromatic nitrogens is 2. The molecule has 2 aliphatic heterocycles. The van der Waals surface area contributed by atoms with Gasteiger partial charge in [0.1, 0.15) is 0 Å². The van der Waals surface area contributed by atoms with E-state index < -0.39 is 0 Å². The van der Waals surface area contributed by atoms with E-state index in [0.29, 0.717) is 0 Å². The lowest BCUT2D eigenvalue weighted by Crippen LogP contribution is -2.28. The highest BCUT2D eigenvalue weighted by Crippen LogP contribution is 2.23. The molecule has 0 unspecified atom stereocenters. The van der Waals surface area contributed by atoms with Crippen molar-refractivity contribution in [3.63, 3.8) is 0 Å². The predicted molar refractivity (Wildman–Crippen MR) is 66.2 cm³/mol. The summed E-state index contributed by atoms with van der Waals surface area (Å²) in [5, 5.41) is 10.2. The Morgan fingerprint density at radius 1 is 1.24 bits per heavy atom. The molecule has 1 aromatic heterocycles. The van der Waals surface area contributed by atoms with Crippen LogP contribution in [0.3, 0.4) is 0 Å². The molecule has 92 valence electrons. The lowest BCUT2D eigenvalue weighted by Gasteiger charge is -2.21. The van der Waals surface area contributed by atoms with E-state index in [2.05, 4.69) is 20.4 Å². The van der Waals surface area contributed by atoms with E-state index in [1.54, 1.807) is 0 Å². The van der Waals surface area contributed by atoms with Gasteiger partial charge in [-0.05, 0) is 38.8 Å². The van der Waals surface area contributed by atoms with Crippen molar-refractivity contribution in [2.24, 2.45) is 0 Å². The third kappa shape index (κ3) is 2.07. The lowest BCUT2D eigenvalue weighted by atomic mass is 10.0. The number of hydrogen-bond donors (Lipinski definition) is 2. The zero-order chi connectivity index (χ0) is 11.7. The van der Waals surface area contributed by atoms with Gasteiger partial charge in [-0.15, -0.1) is 0 Å². The van der Waals surface area contributed by atoms with Crippen LogP contribution in [-0.4, -0.2) is 34.7 Å². The summed E-state index contributed by atoms with van der Waals surface area (Å²) in [7, 11) is 0. The summed E-state index contributed by atoms with van der Waals surface area (Å²) >= 11 is 0. The van der Waals surface area contributed by atoms with E-state index in [9.17, 15) is 4.79 Å². The molecule has 0 aromatic carbocycles. The normalized spacial score (nSPS) is 20.0. The van der Waals surface area contributed by atoms with Gasteiger partial charge in [-0.3, -0.25) is 9.69 Å². The van der Waals surface area contributed by atoms with Crippen LogP contribution < -0.4 is 10.9 Å². The summed E-state index contributed by atoms with van der Waals surface area (Å²) < 4.78 is 0. The van der Waals surface area contributed by atoms with Crippen LogP contribution in [0, 0.1) is 0 Å². The molecule has 0 radical (unpaired) electrons. The van der Waals surface area contributed by atoms with Crippen LogP contribution in [0.2, 0.25) is 0 Å². The highest BCUT2D eigenvalue weighted by atomic mass is 16.1. The third-order valence-electron chi connectivity index (χ3n) is 3.63. The molecule has 0 spiro atoms. The van der Waals surface area contributed by atoms with Crippen molar-refractivity contribution in [1.29, 1.82) is 0 Å². The zero-order valence-corrected chi connectivity index (χ0v) is 9.96. The van der Waals surface area contributed by atoms with Gasteiger partial charge < -0.3 is 5.32 Å². The number of nitrogens with one attached hydrogen (secondary N) is 2. The minimum Gasteiger partial charge on any atom is -0.383 e. The van der Waals surface area contributed by atoms with Gasteiger partial charge in [-0.1, -0.05) is 0 Å². The molecule has 0 bridgehead atoms. The van der Waals surface area contributed by atoms with E-state index in [4.69, 9.17) is 0 Å². The molecule has 2 N–H and O–H groups in total. The molecule has 0 aliphatic carbocycles. The summed E-state index contributed by atoms with van der Waals surface area (Å²) in [5.74, 6) is 0. The average molecular weight is 234 g/mol. The molecule has 3 rings (SSSR count). The maximum Gasteiger partial charge on any atom is 0.269 e. The molecule has 1 fully saturated rings. The van der Waals surface area contributed by atoms with Crippen molar-refractivity contribution < 1.29 is 0 Å². The molecular weight excluding hydrogens is 216 g/mol. The van der Waals surface area contributed by atoms with E-state index in [-0.39, 0.29) is 5.56 Å². The molecule has 5 heteroatoms. The molecule has 0 atom stereocenters. The Morgan fingerprint density at radius 2 is 2.06 bits per heavy atom. The van der Waals surface area contributed by atoms with Crippen molar-refractivity contribution in [2.75, 3.05) is 25.0 Å². The fourth-order valence-corrected chi connectivity index (χ4v) is 2.72. The number of nitrogens with zero attached hydrogens (tertiary/aromatic N) is 2. The van der Waals surface area contributed by atoms with Gasteiger partial charge in [0, 0.05) is 18.7 Å². The van der Waals surface area contributed by atoms with Crippen LogP contribution in [0.15, 0.2) is 4.79 Å². The topological polar surface area (TPSA) is 61.0 Å². The molecule has 3 heterocycles. The van der Waals surface area contributed by atoms with E-state index >= 15 is 0 Å². The monoisotopic (exact) mass is 234 g/mol. The van der Waals surface area contributed by atoms with Crippen molar-refractivity contribution in [3.8, 4) is 0 Å². The fourth-order valence-electron chi connectivity index (χ4n) is 2.72. The van der Waals surface area contributed by atoms with E-state index in [1.165, 1.54) is 12.8 Å². The highest BCUT2D eigenvalue weighted by Gasteiger charge is 2.20. The minimum absolute atomic E-state index is 0.0302. The Hall–Kier alpha value is -1.36. The van der Waals surface area contributed by atoms with Gasteiger partial charge in [0.05, 0.1) is 11.4 Å². The quantitative estimate of drug-likeness (QED) is 0.791. The first-order chi connectivity index (χ1) is 8.34. The van der Waals surface area contributed by atoms with E-state index in [1.807, 2.05) is 0 Å². The Bertz CT molecular complexity index is 462. The molecule has 5 nitrogen and oxygen atoms in total. The largest absolute Gasteiger partial charge is 0.383 e. The molecule has 1 saturated heterocycles. The fraction of sp³-hybridized carbons (Fsp3) is 0.667. The summed E-state index contributed by atoms with van der Waals surface area (Å²) in [5.41, 5.74) is 2.85. The number of anilines is 1. The number of aromatic amines is 1. The van der Waals surface area contributed by atoms with Crippen LogP contribution in [-0.2, 0) is 13.0 Å². The van der Waals surface area contributed by atoms with Gasteiger partial charge >= 0.3 is 0 Å². The molecular formula is C12H18N4O. The van der Waals surface area contributed by atoms with Crippen molar-refractivity contribution in [1.82, 2.24) is 15.1 Å². The maximum absolute atomic E-state index is 11.7. The van der Waals surface area contributed by atoms with Crippen LogP contribution in [0.5, 0.6) is 0 Å². The van der Waals surface area contributed by atoms with Crippen molar-refractivity contribution in [3.05, 3.63) is 21.6 Å². The van der Waals surface area contributed by atoms with E-state index in [0.717, 1.165) is 56.0 Å². The molecule has 0 saturated carbocycles. The first-order valence-electron chi connectivity index (χ1n) is 6.41. The Balaban J connectivity index is 1.90. The van der Waals surface area contributed by atoms with Crippen molar-refractivity contribution in [2.45, 2.75) is 32.2 Å². The number of likely N-dealkylation sites (tertiary alicyclic amines) is 1. The van der Waals surface area contributed by atoms with Crippen LogP contribution >= 0.6 is 0 Å². The second kappa shape index (κ2) is 4.49. The number of H-pyrrole nitrogens is 1. The zero-order valence-electron chi connectivity index (χ0n) is 9.96. The molecule has 17 heavy (non-hydrogen) atoms. The Kier molecular flexibility index (Phi) is 2.84. The molecule has 2 aliphatic rings. The number of rotatable bonds is 2. The Labute approximate surface area is 100 Å². The molecule has 0 amide bonds. The summed E-state index contributed by atoms with van der Waals surface area (Å²) in [6, 6.07) is 0. The van der Waals surface area contributed by atoms with Gasteiger partial charge in [-0.2, -0.15) is 5.10 Å². The number of hydrogen-bond acceptors (Lipinski definition) is 4.